The van der Waals surface area contributed by atoms with E-state index in [-0.39, 0.29) is 0 Å². The van der Waals surface area contributed by atoms with Gasteiger partial charge in [-0.25, -0.2) is 0 Å². The molecule has 2 fully saturated rings. The number of carbonyl (C=O) groups excluding carboxylic acids is 1. The highest BCUT2D eigenvalue weighted by Gasteiger charge is 2.58. The predicted molar refractivity (Wildman–Crippen MR) is 96.9 cm³/mol. The van der Waals surface area contributed by atoms with Crippen molar-refractivity contribution >= 4 is 5.91 Å². The molecule has 24 heavy (non-hydrogen) atoms. The molecule has 1 N–H and O–H groups in total. The van der Waals surface area contributed by atoms with Crippen LogP contribution in [0.2, 0.25) is 0 Å². The first kappa shape index (κ1) is 16.1. The summed E-state index contributed by atoms with van der Waals surface area (Å²) < 4.78 is 0. The number of nitrogens with zero attached hydrogens (tertiary/aromatic N) is 1. The molecule has 0 radical (unpaired) electrons. The third-order valence-corrected chi connectivity index (χ3v) is 6.60. The van der Waals surface area contributed by atoms with Gasteiger partial charge in [0.15, 0.2) is 0 Å². The Morgan fingerprint density at radius 1 is 1.25 bits per heavy atom. The monoisotopic (exact) mass is 326 g/mol. The largest absolute Gasteiger partial charge is 0.339 e. The van der Waals surface area contributed by atoms with Crippen LogP contribution in [0.25, 0.3) is 0 Å². The van der Waals surface area contributed by atoms with Crippen LogP contribution in [0.1, 0.15) is 50.2 Å². The van der Waals surface area contributed by atoms with Gasteiger partial charge < -0.3 is 10.2 Å². The third-order valence-electron chi connectivity index (χ3n) is 6.60. The predicted octanol–water partition coefficient (Wildman–Crippen LogP) is 3.17. The molecule has 3 aliphatic rings. The first-order chi connectivity index (χ1) is 11.7. The van der Waals surface area contributed by atoms with Gasteiger partial charge in [0, 0.05) is 18.5 Å². The molecule has 1 amide bonds. The summed E-state index contributed by atoms with van der Waals surface area (Å²) in [6, 6.07) is 9.19. The van der Waals surface area contributed by atoms with Crippen molar-refractivity contribution in [1.29, 1.82) is 0 Å². The number of nitrogens with one attached hydrogen (secondary N) is 1. The minimum atomic E-state index is 0.309. The Kier molecular flexibility index (Phi) is 4.38. The lowest BCUT2D eigenvalue weighted by Gasteiger charge is -2.36. The van der Waals surface area contributed by atoms with Gasteiger partial charge in [0.2, 0.25) is 5.91 Å². The number of amides is 1. The van der Waals surface area contributed by atoms with Crippen molar-refractivity contribution < 1.29 is 4.79 Å². The number of fused-ring (bicyclic) bond motifs is 1. The van der Waals surface area contributed by atoms with Crippen LogP contribution in [0.5, 0.6) is 0 Å². The zero-order valence-corrected chi connectivity index (χ0v) is 14.9. The fraction of sp³-hybridized carbons (Fsp3) is 0.667. The average molecular weight is 326 g/mol. The van der Waals surface area contributed by atoms with E-state index in [1.807, 2.05) is 0 Å². The van der Waals surface area contributed by atoms with Crippen LogP contribution < -0.4 is 5.32 Å². The number of rotatable bonds is 4. The van der Waals surface area contributed by atoms with Crippen LogP contribution in [0, 0.1) is 11.3 Å². The SMILES string of the molecule is CCCN(C(=O)C1CC12CCNCC2)C1CCc2ccccc2C1. The molecule has 2 aliphatic carbocycles. The van der Waals surface area contributed by atoms with E-state index < -0.39 is 0 Å². The Morgan fingerprint density at radius 2 is 2.00 bits per heavy atom. The molecule has 3 nitrogen and oxygen atoms in total. The normalized spacial score (nSPS) is 27.5. The van der Waals surface area contributed by atoms with Crippen molar-refractivity contribution in [3.05, 3.63) is 35.4 Å². The van der Waals surface area contributed by atoms with E-state index >= 15 is 0 Å². The van der Waals surface area contributed by atoms with E-state index in [9.17, 15) is 4.79 Å². The fourth-order valence-corrected chi connectivity index (χ4v) is 5.03. The van der Waals surface area contributed by atoms with Gasteiger partial charge in [-0.1, -0.05) is 31.2 Å². The van der Waals surface area contributed by atoms with Gasteiger partial charge in [-0.2, -0.15) is 0 Å². The molecule has 3 heteroatoms. The molecule has 1 saturated carbocycles. The van der Waals surface area contributed by atoms with E-state index in [2.05, 4.69) is 41.4 Å². The molecule has 1 aliphatic heterocycles. The molecule has 2 unspecified atom stereocenters. The van der Waals surface area contributed by atoms with Gasteiger partial charge in [-0.3, -0.25) is 4.79 Å². The molecule has 2 atom stereocenters. The molecule has 1 heterocycles. The lowest BCUT2D eigenvalue weighted by molar-refractivity contribution is -0.136. The summed E-state index contributed by atoms with van der Waals surface area (Å²) in [6.45, 7) is 5.31. The van der Waals surface area contributed by atoms with E-state index in [0.29, 0.717) is 23.3 Å². The van der Waals surface area contributed by atoms with Gasteiger partial charge in [0.1, 0.15) is 0 Å². The van der Waals surface area contributed by atoms with Crippen LogP contribution in [0.3, 0.4) is 0 Å². The molecule has 1 spiro atoms. The Labute approximate surface area is 145 Å². The number of aryl methyl sites for hydroxylation is 1. The summed E-state index contributed by atoms with van der Waals surface area (Å²) >= 11 is 0. The minimum Gasteiger partial charge on any atom is -0.339 e. The summed E-state index contributed by atoms with van der Waals surface area (Å²) in [5.74, 6) is 0.770. The van der Waals surface area contributed by atoms with Crippen molar-refractivity contribution in [2.45, 2.75) is 57.9 Å². The molecule has 1 aromatic rings. The Bertz CT molecular complexity index is 606. The molecule has 0 aromatic heterocycles. The van der Waals surface area contributed by atoms with Gasteiger partial charge >= 0.3 is 0 Å². The lowest BCUT2D eigenvalue weighted by Crippen LogP contribution is -2.45. The molecule has 1 aromatic carbocycles. The van der Waals surface area contributed by atoms with Gasteiger partial charge in [0.05, 0.1) is 0 Å². The molecular formula is C21H30N2O. The van der Waals surface area contributed by atoms with E-state index in [0.717, 1.165) is 51.7 Å². The maximum Gasteiger partial charge on any atom is 0.226 e. The number of hydrogen-bond acceptors (Lipinski definition) is 2. The van der Waals surface area contributed by atoms with Crippen LogP contribution in [-0.4, -0.2) is 36.5 Å². The minimum absolute atomic E-state index is 0.309. The first-order valence-corrected chi connectivity index (χ1v) is 9.81. The van der Waals surface area contributed by atoms with Crippen molar-refractivity contribution in [3.63, 3.8) is 0 Å². The molecule has 130 valence electrons. The number of hydrogen-bond donors (Lipinski definition) is 1. The second kappa shape index (κ2) is 6.51. The quantitative estimate of drug-likeness (QED) is 0.922. The zero-order valence-electron chi connectivity index (χ0n) is 14.9. The maximum absolute atomic E-state index is 13.3. The number of piperidine rings is 1. The summed E-state index contributed by atoms with van der Waals surface area (Å²) in [4.78, 5) is 15.5. The standard InChI is InChI=1S/C21H30N2O/c1-2-13-23(18-8-7-16-5-3-4-6-17(16)14-18)20(24)19-15-21(19)9-11-22-12-10-21/h3-6,18-19,22H,2,7-15H2,1H3. The van der Waals surface area contributed by atoms with Crippen molar-refractivity contribution in [2.24, 2.45) is 11.3 Å². The molecular weight excluding hydrogens is 296 g/mol. The highest BCUT2D eigenvalue weighted by Crippen LogP contribution is 2.59. The van der Waals surface area contributed by atoms with Crippen LogP contribution >= 0.6 is 0 Å². The van der Waals surface area contributed by atoms with Crippen molar-refractivity contribution in [1.82, 2.24) is 10.2 Å². The van der Waals surface area contributed by atoms with Crippen LogP contribution in [-0.2, 0) is 17.6 Å². The summed E-state index contributed by atoms with van der Waals surface area (Å²) in [7, 11) is 0. The smallest absolute Gasteiger partial charge is 0.226 e. The zero-order chi connectivity index (χ0) is 16.6. The Hall–Kier alpha value is -1.35. The van der Waals surface area contributed by atoms with Crippen molar-refractivity contribution in [3.8, 4) is 0 Å². The molecule has 0 bridgehead atoms. The summed E-state index contributed by atoms with van der Waals surface area (Å²) in [6.07, 6.45) is 7.87. The number of benzene rings is 1. The number of carbonyl (C=O) groups is 1. The highest BCUT2D eigenvalue weighted by molar-refractivity contribution is 5.83. The topological polar surface area (TPSA) is 32.3 Å². The van der Waals surface area contributed by atoms with E-state index in [1.165, 1.54) is 24.0 Å². The third kappa shape index (κ3) is 2.88. The van der Waals surface area contributed by atoms with E-state index in [1.54, 1.807) is 0 Å². The fourth-order valence-electron chi connectivity index (χ4n) is 5.03. The van der Waals surface area contributed by atoms with Crippen LogP contribution in [0.4, 0.5) is 0 Å². The van der Waals surface area contributed by atoms with Gasteiger partial charge in [-0.15, -0.1) is 0 Å². The van der Waals surface area contributed by atoms with Gasteiger partial charge in [0.25, 0.3) is 0 Å². The van der Waals surface area contributed by atoms with Gasteiger partial charge in [-0.05, 0) is 74.6 Å². The maximum atomic E-state index is 13.3. The van der Waals surface area contributed by atoms with E-state index in [4.69, 9.17) is 0 Å². The highest BCUT2D eigenvalue weighted by atomic mass is 16.2. The average Bonchev–Trinajstić information content (AvgIpc) is 3.32. The lowest BCUT2D eigenvalue weighted by atomic mass is 9.86. The molecule has 4 rings (SSSR count). The Morgan fingerprint density at radius 3 is 2.75 bits per heavy atom. The van der Waals surface area contributed by atoms with Crippen molar-refractivity contribution in [2.75, 3.05) is 19.6 Å². The second-order valence-electron chi connectivity index (χ2n) is 8.07. The second-order valence-corrected chi connectivity index (χ2v) is 8.07. The Balaban J connectivity index is 1.48. The summed E-state index contributed by atoms with van der Waals surface area (Å²) in [5, 5.41) is 3.44. The summed E-state index contributed by atoms with van der Waals surface area (Å²) in [5.41, 5.74) is 3.29. The molecule has 1 saturated heterocycles. The first-order valence-electron chi connectivity index (χ1n) is 9.81. The van der Waals surface area contributed by atoms with Crippen LogP contribution in [0.15, 0.2) is 24.3 Å².